The number of hydrogen-bond donors (Lipinski definition) is 1. The van der Waals surface area contributed by atoms with Gasteiger partial charge in [0.25, 0.3) is 6.43 Å². The zero-order chi connectivity index (χ0) is 12.0. The fourth-order valence-electron chi connectivity index (χ4n) is 2.45. The average molecular weight is 238 g/mol. The van der Waals surface area contributed by atoms with E-state index in [1.54, 1.807) is 0 Å². The van der Waals surface area contributed by atoms with Crippen LogP contribution in [0.15, 0.2) is 6.20 Å². The lowest BCUT2D eigenvalue weighted by Crippen LogP contribution is -2.36. The normalized spacial score (nSPS) is 27.4. The zero-order valence-corrected chi connectivity index (χ0v) is 9.11. The molecule has 6 heteroatoms. The lowest BCUT2D eigenvalue weighted by molar-refractivity contribution is 0.0645. The molecule has 0 bridgehead atoms. The van der Waals surface area contributed by atoms with Gasteiger partial charge in [0, 0.05) is 6.04 Å². The van der Waals surface area contributed by atoms with Crippen LogP contribution < -0.4 is 5.32 Å². The van der Waals surface area contributed by atoms with Crippen molar-refractivity contribution in [2.24, 2.45) is 5.92 Å². The second-order valence-corrected chi connectivity index (χ2v) is 4.69. The molecule has 1 saturated carbocycles. The molecule has 0 radical (unpaired) electrons. The van der Waals surface area contributed by atoms with Gasteiger partial charge in [-0.2, -0.15) is 10.4 Å². The monoisotopic (exact) mass is 238 g/mol. The number of nitriles is 1. The Balaban J connectivity index is 1.98. The van der Waals surface area contributed by atoms with Crippen molar-refractivity contribution in [3.8, 4) is 6.07 Å². The van der Waals surface area contributed by atoms with Crippen LogP contribution in [0.1, 0.15) is 30.9 Å². The molecule has 0 saturated heterocycles. The first-order chi connectivity index (χ1) is 8.20. The number of nitrogens with zero attached hydrogens (tertiary/aromatic N) is 3. The highest BCUT2D eigenvalue weighted by Gasteiger charge is 2.41. The molecule has 3 rings (SSSR count). The molecule has 1 aliphatic heterocycles. The van der Waals surface area contributed by atoms with E-state index in [0.29, 0.717) is 23.7 Å². The highest BCUT2D eigenvalue weighted by Crippen LogP contribution is 2.42. The molecule has 0 spiro atoms. The molecule has 0 amide bonds. The van der Waals surface area contributed by atoms with Gasteiger partial charge in [-0.05, 0) is 25.2 Å². The standard InChI is InChI=1S/C11H12F2N4/c12-10(13)9-3-8(6-1-2-6)16-11-7(4-14)5-15-17(9)11/h5-6,8-10,16H,1-3H2/t8-,9+/m1/s1. The summed E-state index contributed by atoms with van der Waals surface area (Å²) in [6, 6.07) is 1.14. The van der Waals surface area contributed by atoms with Gasteiger partial charge in [0.15, 0.2) is 0 Å². The van der Waals surface area contributed by atoms with Crippen LogP contribution in [0, 0.1) is 17.2 Å². The minimum absolute atomic E-state index is 0.0605. The second kappa shape index (κ2) is 3.69. The summed E-state index contributed by atoms with van der Waals surface area (Å²) in [6.07, 6.45) is 1.48. The molecule has 2 atom stereocenters. The Morgan fingerprint density at radius 2 is 2.29 bits per heavy atom. The van der Waals surface area contributed by atoms with Crippen LogP contribution in [0.25, 0.3) is 0 Å². The van der Waals surface area contributed by atoms with Crippen molar-refractivity contribution in [1.82, 2.24) is 9.78 Å². The fourth-order valence-corrected chi connectivity index (χ4v) is 2.45. The Hall–Kier alpha value is -1.64. The van der Waals surface area contributed by atoms with Crippen LogP contribution in [-0.4, -0.2) is 22.2 Å². The molecule has 1 N–H and O–H groups in total. The van der Waals surface area contributed by atoms with Crippen molar-refractivity contribution in [2.75, 3.05) is 5.32 Å². The van der Waals surface area contributed by atoms with E-state index < -0.39 is 12.5 Å². The maximum atomic E-state index is 13.0. The molecule has 2 heterocycles. The first-order valence-electron chi connectivity index (χ1n) is 5.73. The maximum Gasteiger partial charge on any atom is 0.260 e. The summed E-state index contributed by atoms with van der Waals surface area (Å²) >= 11 is 0. The number of rotatable bonds is 2. The molecule has 1 aromatic rings. The molecule has 1 aromatic heterocycles. The summed E-state index contributed by atoms with van der Waals surface area (Å²) in [5, 5.41) is 16.0. The van der Waals surface area contributed by atoms with Crippen LogP contribution in [0.5, 0.6) is 0 Å². The number of nitrogens with one attached hydrogen (secondary N) is 1. The van der Waals surface area contributed by atoms with Crippen molar-refractivity contribution in [1.29, 1.82) is 5.26 Å². The number of aromatic nitrogens is 2. The van der Waals surface area contributed by atoms with E-state index in [9.17, 15) is 8.78 Å². The van der Waals surface area contributed by atoms with Gasteiger partial charge < -0.3 is 5.32 Å². The summed E-state index contributed by atoms with van der Waals surface area (Å²) in [5.41, 5.74) is 0.348. The van der Waals surface area contributed by atoms with Crippen molar-refractivity contribution in [3.05, 3.63) is 11.8 Å². The number of halogens is 2. The zero-order valence-electron chi connectivity index (χ0n) is 9.11. The van der Waals surface area contributed by atoms with Gasteiger partial charge in [-0.1, -0.05) is 0 Å². The highest BCUT2D eigenvalue weighted by atomic mass is 19.3. The fraction of sp³-hybridized carbons (Fsp3) is 0.636. The SMILES string of the molecule is N#Cc1cnn2c1N[C@@H](C1CC1)C[C@H]2C(F)F. The van der Waals surface area contributed by atoms with Crippen LogP contribution >= 0.6 is 0 Å². The third-order valence-corrected chi connectivity index (χ3v) is 3.53. The van der Waals surface area contributed by atoms with Gasteiger partial charge in [-0.3, -0.25) is 0 Å². The Kier molecular flexibility index (Phi) is 2.28. The number of fused-ring (bicyclic) bond motifs is 1. The molecule has 2 aliphatic rings. The number of hydrogen-bond acceptors (Lipinski definition) is 3. The van der Waals surface area contributed by atoms with Crippen molar-refractivity contribution < 1.29 is 8.78 Å². The van der Waals surface area contributed by atoms with Gasteiger partial charge in [-0.25, -0.2) is 13.5 Å². The van der Waals surface area contributed by atoms with Gasteiger partial charge >= 0.3 is 0 Å². The summed E-state index contributed by atoms with van der Waals surface area (Å²) < 4.78 is 27.3. The summed E-state index contributed by atoms with van der Waals surface area (Å²) in [6.45, 7) is 0. The van der Waals surface area contributed by atoms with Gasteiger partial charge in [0.05, 0.1) is 6.20 Å². The molecule has 4 nitrogen and oxygen atoms in total. The first-order valence-corrected chi connectivity index (χ1v) is 5.73. The van der Waals surface area contributed by atoms with E-state index in [1.807, 2.05) is 6.07 Å². The summed E-state index contributed by atoms with van der Waals surface area (Å²) in [7, 11) is 0. The van der Waals surface area contributed by atoms with Crippen molar-refractivity contribution in [2.45, 2.75) is 37.8 Å². The van der Waals surface area contributed by atoms with Gasteiger partial charge in [0.2, 0.25) is 0 Å². The molecule has 17 heavy (non-hydrogen) atoms. The summed E-state index contributed by atoms with van der Waals surface area (Å²) in [5.74, 6) is 0.937. The minimum atomic E-state index is -2.44. The predicted octanol–water partition coefficient (Wildman–Crippen LogP) is 2.16. The highest BCUT2D eigenvalue weighted by molar-refractivity contribution is 5.53. The Morgan fingerprint density at radius 1 is 1.53 bits per heavy atom. The quantitative estimate of drug-likeness (QED) is 0.858. The number of anilines is 1. The summed E-state index contributed by atoms with van der Waals surface area (Å²) in [4.78, 5) is 0. The molecular formula is C11H12F2N4. The molecule has 0 aromatic carbocycles. The van der Waals surface area contributed by atoms with E-state index >= 15 is 0 Å². The van der Waals surface area contributed by atoms with Crippen LogP contribution in [-0.2, 0) is 0 Å². The molecule has 0 unspecified atom stereocenters. The third kappa shape index (κ3) is 1.66. The molecule has 1 fully saturated rings. The van der Waals surface area contributed by atoms with E-state index in [4.69, 9.17) is 5.26 Å². The second-order valence-electron chi connectivity index (χ2n) is 4.69. The molecule has 1 aliphatic carbocycles. The van der Waals surface area contributed by atoms with Crippen LogP contribution in [0.3, 0.4) is 0 Å². The lowest BCUT2D eigenvalue weighted by atomic mass is 10.0. The Morgan fingerprint density at radius 3 is 2.88 bits per heavy atom. The Bertz CT molecular complexity index is 472. The smallest absolute Gasteiger partial charge is 0.260 e. The number of alkyl halides is 2. The van der Waals surface area contributed by atoms with E-state index in [1.165, 1.54) is 10.9 Å². The van der Waals surface area contributed by atoms with E-state index in [-0.39, 0.29) is 6.04 Å². The Labute approximate surface area is 97.2 Å². The largest absolute Gasteiger partial charge is 0.366 e. The topological polar surface area (TPSA) is 53.6 Å². The van der Waals surface area contributed by atoms with Gasteiger partial charge in [0.1, 0.15) is 23.5 Å². The lowest BCUT2D eigenvalue weighted by Gasteiger charge is -2.32. The predicted molar refractivity (Wildman–Crippen MR) is 56.7 cm³/mol. The average Bonchev–Trinajstić information content (AvgIpc) is 3.08. The van der Waals surface area contributed by atoms with E-state index in [2.05, 4.69) is 10.4 Å². The van der Waals surface area contributed by atoms with Crippen LogP contribution in [0.2, 0.25) is 0 Å². The third-order valence-electron chi connectivity index (χ3n) is 3.53. The van der Waals surface area contributed by atoms with E-state index in [0.717, 1.165) is 12.8 Å². The molecule has 90 valence electrons. The van der Waals surface area contributed by atoms with Crippen LogP contribution in [0.4, 0.5) is 14.6 Å². The van der Waals surface area contributed by atoms with Gasteiger partial charge in [-0.15, -0.1) is 0 Å². The maximum absolute atomic E-state index is 13.0. The first kappa shape index (κ1) is 10.5. The van der Waals surface area contributed by atoms with Crippen molar-refractivity contribution in [3.63, 3.8) is 0 Å². The molecular weight excluding hydrogens is 226 g/mol. The minimum Gasteiger partial charge on any atom is -0.366 e. The van der Waals surface area contributed by atoms with Crippen molar-refractivity contribution >= 4 is 5.82 Å².